The Bertz CT molecular complexity index is 237. The molecule has 1 nitrogen and oxygen atoms in total. The van der Waals surface area contributed by atoms with Crippen molar-refractivity contribution in [3.63, 3.8) is 0 Å². The quantitative estimate of drug-likeness (QED) is 0.845. The molecule has 0 aliphatic carbocycles. The molecule has 0 aromatic carbocycles. The van der Waals surface area contributed by atoms with E-state index in [4.69, 9.17) is 17.3 Å². The van der Waals surface area contributed by atoms with E-state index in [9.17, 15) is 0 Å². The van der Waals surface area contributed by atoms with Crippen molar-refractivity contribution in [2.45, 2.75) is 32.2 Å². The molecule has 1 atom stereocenters. The standard InChI is InChI=1S/C9H14ClNS.ClH/c1-2-3-4-8(11)9-7(10)5-6-12-9;/h5-6,8H,2-4,11H2,1H3;1H/t8-;/m1./s1. The van der Waals surface area contributed by atoms with E-state index >= 15 is 0 Å². The maximum atomic E-state index is 5.95. The Hall–Kier alpha value is 0.240. The van der Waals surface area contributed by atoms with Crippen molar-refractivity contribution in [3.05, 3.63) is 21.3 Å². The summed E-state index contributed by atoms with van der Waals surface area (Å²) in [6.45, 7) is 2.17. The second-order valence-corrected chi connectivity index (χ2v) is 4.24. The molecule has 4 heteroatoms. The second-order valence-electron chi connectivity index (χ2n) is 2.88. The number of unbranched alkanes of at least 4 members (excludes halogenated alkanes) is 1. The van der Waals surface area contributed by atoms with Gasteiger partial charge in [-0.3, -0.25) is 0 Å². The zero-order chi connectivity index (χ0) is 8.97. The first-order chi connectivity index (χ1) is 5.75. The Kier molecular flexibility index (Phi) is 6.78. The fourth-order valence-corrected chi connectivity index (χ4v) is 2.36. The summed E-state index contributed by atoms with van der Waals surface area (Å²) in [5.74, 6) is 0. The van der Waals surface area contributed by atoms with E-state index in [0.29, 0.717) is 0 Å². The van der Waals surface area contributed by atoms with Crippen LogP contribution < -0.4 is 5.73 Å². The van der Waals surface area contributed by atoms with Gasteiger partial charge in [0.15, 0.2) is 0 Å². The van der Waals surface area contributed by atoms with Crippen LogP contribution in [0.25, 0.3) is 0 Å². The van der Waals surface area contributed by atoms with Crippen molar-refractivity contribution >= 4 is 35.3 Å². The van der Waals surface area contributed by atoms with Crippen LogP contribution in [0.5, 0.6) is 0 Å². The van der Waals surface area contributed by atoms with Crippen LogP contribution in [0.3, 0.4) is 0 Å². The predicted molar refractivity (Wildman–Crippen MR) is 63.0 cm³/mol. The molecule has 0 unspecified atom stereocenters. The molecule has 0 spiro atoms. The van der Waals surface area contributed by atoms with E-state index in [1.54, 1.807) is 11.3 Å². The highest BCUT2D eigenvalue weighted by Gasteiger charge is 2.10. The lowest BCUT2D eigenvalue weighted by Gasteiger charge is -2.08. The smallest absolute Gasteiger partial charge is 0.0561 e. The fourth-order valence-electron chi connectivity index (χ4n) is 1.13. The lowest BCUT2D eigenvalue weighted by molar-refractivity contribution is 0.611. The predicted octanol–water partition coefficient (Wildman–Crippen LogP) is 4.01. The number of nitrogens with two attached hydrogens (primary N) is 1. The van der Waals surface area contributed by atoms with Crippen LogP contribution in [-0.2, 0) is 0 Å². The molecule has 1 rings (SSSR count). The molecule has 0 radical (unpaired) electrons. The van der Waals surface area contributed by atoms with Crippen molar-refractivity contribution in [2.24, 2.45) is 5.73 Å². The van der Waals surface area contributed by atoms with Gasteiger partial charge in [0.05, 0.1) is 5.02 Å². The van der Waals surface area contributed by atoms with Gasteiger partial charge >= 0.3 is 0 Å². The van der Waals surface area contributed by atoms with E-state index in [-0.39, 0.29) is 18.4 Å². The van der Waals surface area contributed by atoms with Crippen LogP contribution in [-0.4, -0.2) is 0 Å². The molecule has 0 aliphatic rings. The van der Waals surface area contributed by atoms with Crippen molar-refractivity contribution in [3.8, 4) is 0 Å². The minimum atomic E-state index is 0. The summed E-state index contributed by atoms with van der Waals surface area (Å²) in [6.07, 6.45) is 3.41. The third-order valence-corrected chi connectivity index (χ3v) is 3.34. The summed E-state index contributed by atoms with van der Waals surface area (Å²) in [7, 11) is 0. The van der Waals surface area contributed by atoms with Crippen molar-refractivity contribution in [1.82, 2.24) is 0 Å². The molecule has 0 fully saturated rings. The fraction of sp³-hybridized carbons (Fsp3) is 0.556. The summed E-state index contributed by atoms with van der Waals surface area (Å²) in [6, 6.07) is 2.05. The highest BCUT2D eigenvalue weighted by Crippen LogP contribution is 2.29. The number of halogens is 2. The molecular weight excluding hydrogens is 225 g/mol. The number of rotatable bonds is 4. The topological polar surface area (TPSA) is 26.0 Å². The molecule has 1 aromatic heterocycles. The maximum absolute atomic E-state index is 5.95. The van der Waals surface area contributed by atoms with Crippen LogP contribution in [0.2, 0.25) is 5.02 Å². The third kappa shape index (κ3) is 3.86. The summed E-state index contributed by atoms with van der Waals surface area (Å²) >= 11 is 7.60. The summed E-state index contributed by atoms with van der Waals surface area (Å²) in [4.78, 5) is 1.13. The molecule has 1 heterocycles. The average Bonchev–Trinajstić information content (AvgIpc) is 2.47. The Labute approximate surface area is 94.7 Å². The zero-order valence-electron chi connectivity index (χ0n) is 7.63. The van der Waals surface area contributed by atoms with Gasteiger partial charge in [-0.2, -0.15) is 0 Å². The van der Waals surface area contributed by atoms with Gasteiger partial charge in [-0.05, 0) is 17.9 Å². The van der Waals surface area contributed by atoms with E-state index in [0.717, 1.165) is 16.3 Å². The number of thiophene rings is 1. The first-order valence-electron chi connectivity index (χ1n) is 4.24. The molecule has 0 saturated carbocycles. The lowest BCUT2D eigenvalue weighted by atomic mass is 10.1. The number of hydrogen-bond acceptors (Lipinski definition) is 2. The highest BCUT2D eigenvalue weighted by atomic mass is 35.5. The molecular formula is C9H15Cl2NS. The molecule has 0 aliphatic heterocycles. The lowest BCUT2D eigenvalue weighted by Crippen LogP contribution is -2.08. The monoisotopic (exact) mass is 239 g/mol. The Balaban J connectivity index is 0.00000144. The van der Waals surface area contributed by atoms with Gasteiger partial charge in [-0.15, -0.1) is 23.7 Å². The Morgan fingerprint density at radius 1 is 1.62 bits per heavy atom. The highest BCUT2D eigenvalue weighted by molar-refractivity contribution is 7.10. The SMILES string of the molecule is CCCC[C@@H](N)c1sccc1Cl.Cl. The molecule has 2 N–H and O–H groups in total. The van der Waals surface area contributed by atoms with Crippen LogP contribution in [0.4, 0.5) is 0 Å². The van der Waals surface area contributed by atoms with Gasteiger partial charge in [0.1, 0.15) is 0 Å². The van der Waals surface area contributed by atoms with E-state index < -0.39 is 0 Å². The number of hydrogen-bond donors (Lipinski definition) is 1. The molecule has 1 aromatic rings. The largest absolute Gasteiger partial charge is 0.323 e. The van der Waals surface area contributed by atoms with Crippen LogP contribution >= 0.6 is 35.3 Å². The second kappa shape index (κ2) is 6.66. The van der Waals surface area contributed by atoms with Crippen LogP contribution in [0.1, 0.15) is 37.1 Å². The van der Waals surface area contributed by atoms with E-state index in [1.165, 1.54) is 12.8 Å². The summed E-state index contributed by atoms with van der Waals surface area (Å²) in [5.41, 5.74) is 5.95. The maximum Gasteiger partial charge on any atom is 0.0561 e. The zero-order valence-corrected chi connectivity index (χ0v) is 10.0. The van der Waals surface area contributed by atoms with Gasteiger partial charge in [0, 0.05) is 10.9 Å². The van der Waals surface area contributed by atoms with E-state index in [1.807, 2.05) is 11.4 Å². The van der Waals surface area contributed by atoms with Gasteiger partial charge in [0.25, 0.3) is 0 Å². The molecule has 0 amide bonds. The molecule has 76 valence electrons. The van der Waals surface area contributed by atoms with Crippen molar-refractivity contribution in [2.75, 3.05) is 0 Å². The minimum Gasteiger partial charge on any atom is -0.323 e. The summed E-state index contributed by atoms with van der Waals surface area (Å²) in [5, 5.41) is 2.81. The third-order valence-electron chi connectivity index (χ3n) is 1.85. The van der Waals surface area contributed by atoms with Gasteiger partial charge in [0.2, 0.25) is 0 Å². The van der Waals surface area contributed by atoms with Crippen molar-refractivity contribution in [1.29, 1.82) is 0 Å². The van der Waals surface area contributed by atoms with Crippen molar-refractivity contribution < 1.29 is 0 Å². The molecule has 0 bridgehead atoms. The van der Waals surface area contributed by atoms with Crippen LogP contribution in [0.15, 0.2) is 11.4 Å². The first-order valence-corrected chi connectivity index (χ1v) is 5.50. The normalized spacial score (nSPS) is 12.2. The Morgan fingerprint density at radius 3 is 2.77 bits per heavy atom. The van der Waals surface area contributed by atoms with Gasteiger partial charge in [-0.1, -0.05) is 31.4 Å². The van der Waals surface area contributed by atoms with E-state index in [2.05, 4.69) is 6.92 Å². The minimum absolute atomic E-state index is 0. The average molecular weight is 240 g/mol. The molecule has 0 saturated heterocycles. The first kappa shape index (κ1) is 13.2. The molecule has 13 heavy (non-hydrogen) atoms. The van der Waals surface area contributed by atoms with Gasteiger partial charge in [-0.25, -0.2) is 0 Å². The Morgan fingerprint density at radius 2 is 2.31 bits per heavy atom. The van der Waals surface area contributed by atoms with Gasteiger partial charge < -0.3 is 5.73 Å². The summed E-state index contributed by atoms with van der Waals surface area (Å²) < 4.78 is 0. The van der Waals surface area contributed by atoms with Crippen LogP contribution in [0, 0.1) is 0 Å².